The maximum absolute atomic E-state index is 11.0. The van der Waals surface area contributed by atoms with Crippen LogP contribution in [0, 0.1) is 0 Å². The number of nitrogens with one attached hydrogen (secondary N) is 1. The van der Waals surface area contributed by atoms with Crippen molar-refractivity contribution < 1.29 is 34.3 Å². The molecule has 6 heteroatoms. The molecule has 1 radical (unpaired) electrons. The zero-order chi connectivity index (χ0) is 10.4. The molecule has 0 atom stereocenters. The summed E-state index contributed by atoms with van der Waals surface area (Å²) in [6.45, 7) is 2.96. The third kappa shape index (κ3) is 7.96. The summed E-state index contributed by atoms with van der Waals surface area (Å²) in [5, 5.41) is 2.82. The van der Waals surface area contributed by atoms with Crippen molar-refractivity contribution in [3.8, 4) is 0 Å². The molecule has 5 nitrogen and oxygen atoms in total. The Bertz CT molecular complexity index is 321. The van der Waals surface area contributed by atoms with Gasteiger partial charge >= 0.3 is 0 Å². The summed E-state index contributed by atoms with van der Waals surface area (Å²) in [7, 11) is 0. The van der Waals surface area contributed by atoms with Crippen LogP contribution in [0.5, 0.6) is 0 Å². The van der Waals surface area contributed by atoms with E-state index in [9.17, 15) is 4.79 Å². The SMILES string of the molecule is CCC(=O)NCc1cccc(CN)c1.O.[OH-].[V]. The minimum atomic E-state index is 0. The molecule has 0 heterocycles. The molecule has 0 aromatic heterocycles. The van der Waals surface area contributed by atoms with Gasteiger partial charge in [-0.3, -0.25) is 4.79 Å². The van der Waals surface area contributed by atoms with Crippen LogP contribution >= 0.6 is 0 Å². The number of rotatable bonds is 4. The molecule has 1 amide bonds. The Labute approximate surface area is 113 Å². The molecule has 6 N–H and O–H groups in total. The first-order chi connectivity index (χ1) is 6.76. The van der Waals surface area contributed by atoms with Gasteiger partial charge < -0.3 is 22.0 Å². The smallest absolute Gasteiger partial charge is 0.219 e. The molecule has 0 aliphatic rings. The Balaban J connectivity index is -0.000000653. The molecular formula is C11H19N2O3V-. The third-order valence-corrected chi connectivity index (χ3v) is 2.04. The summed E-state index contributed by atoms with van der Waals surface area (Å²) in [6.07, 6.45) is 0.524. The Kier molecular flexibility index (Phi) is 14.7. The van der Waals surface area contributed by atoms with Gasteiger partial charge in [0.15, 0.2) is 0 Å². The molecule has 0 aliphatic carbocycles. The number of carbonyl (C=O) groups is 1. The molecule has 0 fully saturated rings. The number of amides is 1. The number of carbonyl (C=O) groups excluding carboxylic acids is 1. The van der Waals surface area contributed by atoms with E-state index in [0.717, 1.165) is 11.1 Å². The van der Waals surface area contributed by atoms with Gasteiger partial charge in [-0.25, -0.2) is 0 Å². The first-order valence-corrected chi connectivity index (χ1v) is 4.81. The number of hydrogen-bond donors (Lipinski definition) is 2. The van der Waals surface area contributed by atoms with E-state index < -0.39 is 0 Å². The molecule has 0 saturated heterocycles. The molecule has 0 spiro atoms. The Morgan fingerprint density at radius 1 is 1.35 bits per heavy atom. The Morgan fingerprint density at radius 2 is 1.94 bits per heavy atom. The average Bonchev–Trinajstić information content (AvgIpc) is 2.26. The molecule has 0 saturated carbocycles. The molecule has 0 unspecified atom stereocenters. The second kappa shape index (κ2) is 11.6. The van der Waals surface area contributed by atoms with Crippen LogP contribution in [0.2, 0.25) is 0 Å². The van der Waals surface area contributed by atoms with Crippen molar-refractivity contribution in [1.82, 2.24) is 5.32 Å². The van der Waals surface area contributed by atoms with Gasteiger partial charge in [-0.05, 0) is 11.1 Å². The van der Waals surface area contributed by atoms with Gasteiger partial charge in [0.05, 0.1) is 0 Å². The van der Waals surface area contributed by atoms with E-state index in [0.29, 0.717) is 19.5 Å². The van der Waals surface area contributed by atoms with Crippen LogP contribution in [0.4, 0.5) is 0 Å². The summed E-state index contributed by atoms with van der Waals surface area (Å²) < 4.78 is 0. The first-order valence-electron chi connectivity index (χ1n) is 4.81. The maximum atomic E-state index is 11.0. The fourth-order valence-electron chi connectivity index (χ4n) is 1.19. The van der Waals surface area contributed by atoms with Gasteiger partial charge in [-0.1, -0.05) is 31.2 Å². The van der Waals surface area contributed by atoms with E-state index in [1.54, 1.807) is 0 Å². The molecular weight excluding hydrogens is 259 g/mol. The minimum absolute atomic E-state index is 0. The van der Waals surface area contributed by atoms with Crippen molar-refractivity contribution >= 4 is 5.91 Å². The summed E-state index contributed by atoms with van der Waals surface area (Å²) in [4.78, 5) is 11.0. The number of nitrogens with two attached hydrogens (primary N) is 1. The third-order valence-electron chi connectivity index (χ3n) is 2.04. The Hall–Kier alpha value is -0.846. The van der Waals surface area contributed by atoms with Crippen LogP contribution in [-0.4, -0.2) is 16.9 Å². The van der Waals surface area contributed by atoms with Crippen molar-refractivity contribution in [2.45, 2.75) is 26.4 Å². The number of benzene rings is 1. The van der Waals surface area contributed by atoms with E-state index in [-0.39, 0.29) is 35.4 Å². The van der Waals surface area contributed by atoms with Crippen LogP contribution in [0.25, 0.3) is 0 Å². The van der Waals surface area contributed by atoms with Crippen molar-refractivity contribution in [1.29, 1.82) is 0 Å². The van der Waals surface area contributed by atoms with Gasteiger partial charge in [-0.2, -0.15) is 0 Å². The second-order valence-corrected chi connectivity index (χ2v) is 3.15. The normalized spacial score (nSPS) is 8.12. The average molecular weight is 278 g/mol. The van der Waals surface area contributed by atoms with Gasteiger partial charge in [0.2, 0.25) is 5.91 Å². The predicted octanol–water partition coefficient (Wildman–Crippen LogP) is 0.168. The summed E-state index contributed by atoms with van der Waals surface area (Å²) in [6, 6.07) is 7.92. The molecule has 17 heavy (non-hydrogen) atoms. The zero-order valence-electron chi connectivity index (χ0n) is 9.81. The van der Waals surface area contributed by atoms with E-state index >= 15 is 0 Å². The molecule has 1 rings (SSSR count). The summed E-state index contributed by atoms with van der Waals surface area (Å²) in [5.41, 5.74) is 7.70. The summed E-state index contributed by atoms with van der Waals surface area (Å²) >= 11 is 0. The molecule has 0 bridgehead atoms. The monoisotopic (exact) mass is 278 g/mol. The van der Waals surface area contributed by atoms with Gasteiger partial charge in [0.25, 0.3) is 0 Å². The maximum Gasteiger partial charge on any atom is 0.219 e. The van der Waals surface area contributed by atoms with Gasteiger partial charge in [0.1, 0.15) is 0 Å². The Morgan fingerprint density at radius 3 is 2.47 bits per heavy atom. The first kappa shape index (κ1) is 21.4. The van der Waals surface area contributed by atoms with Gasteiger partial charge in [-0.15, -0.1) is 0 Å². The van der Waals surface area contributed by atoms with Crippen LogP contribution in [0.1, 0.15) is 24.5 Å². The van der Waals surface area contributed by atoms with E-state index in [2.05, 4.69) is 5.32 Å². The molecule has 97 valence electrons. The van der Waals surface area contributed by atoms with E-state index in [4.69, 9.17) is 5.73 Å². The topological polar surface area (TPSA) is 117 Å². The fraction of sp³-hybridized carbons (Fsp3) is 0.364. The zero-order valence-corrected chi connectivity index (χ0v) is 11.2. The largest absolute Gasteiger partial charge is 0.870 e. The molecule has 1 aromatic rings. The van der Waals surface area contributed by atoms with Crippen LogP contribution in [0.3, 0.4) is 0 Å². The van der Waals surface area contributed by atoms with Crippen molar-refractivity contribution in [2.24, 2.45) is 5.73 Å². The van der Waals surface area contributed by atoms with Crippen molar-refractivity contribution in [3.63, 3.8) is 0 Å². The van der Waals surface area contributed by atoms with Crippen LogP contribution < -0.4 is 11.1 Å². The van der Waals surface area contributed by atoms with E-state index in [1.165, 1.54) is 0 Å². The van der Waals surface area contributed by atoms with Crippen molar-refractivity contribution in [3.05, 3.63) is 35.4 Å². The van der Waals surface area contributed by atoms with Crippen LogP contribution in [-0.2, 0) is 36.4 Å². The quantitative estimate of drug-likeness (QED) is 0.817. The van der Waals surface area contributed by atoms with Crippen LogP contribution in [0.15, 0.2) is 24.3 Å². The van der Waals surface area contributed by atoms with Crippen molar-refractivity contribution in [2.75, 3.05) is 0 Å². The van der Waals surface area contributed by atoms with E-state index in [1.807, 2.05) is 31.2 Å². The predicted molar refractivity (Wildman–Crippen MR) is 62.0 cm³/mol. The number of hydrogen-bond acceptors (Lipinski definition) is 3. The standard InChI is InChI=1S/C11H16N2O.2H2O.V/c1-2-11(14)13-8-10-5-3-4-9(6-10)7-12;;;/h3-6H,2,7-8,12H2,1H3,(H,13,14);2*1H2;/p-1. The fourth-order valence-corrected chi connectivity index (χ4v) is 1.19. The second-order valence-electron chi connectivity index (χ2n) is 3.15. The molecule has 0 aliphatic heterocycles. The minimum Gasteiger partial charge on any atom is -0.870 e. The molecule has 1 aromatic carbocycles. The van der Waals surface area contributed by atoms with Gasteiger partial charge in [0, 0.05) is 38.1 Å². The summed E-state index contributed by atoms with van der Waals surface area (Å²) in [5.74, 6) is 0.0724.